The molecule has 1 rings (SSSR count). The number of nitrogens with one attached hydrogen (secondary N) is 2. The van der Waals surface area contributed by atoms with Gasteiger partial charge in [-0.3, -0.25) is 9.78 Å². The van der Waals surface area contributed by atoms with E-state index in [4.69, 9.17) is 0 Å². The maximum atomic E-state index is 13.2. The van der Waals surface area contributed by atoms with Crippen molar-refractivity contribution >= 4 is 11.6 Å². The molecule has 1 aromatic rings. The van der Waals surface area contributed by atoms with E-state index in [0.29, 0.717) is 12.5 Å². The fourth-order valence-corrected chi connectivity index (χ4v) is 1.33. The largest absolute Gasteiger partial charge is 0.324 e. The number of halogens is 1. The van der Waals surface area contributed by atoms with Crippen LogP contribution in [0.4, 0.5) is 10.1 Å². The molecule has 0 aliphatic heterocycles. The van der Waals surface area contributed by atoms with Crippen LogP contribution in [0.5, 0.6) is 0 Å². The van der Waals surface area contributed by atoms with Crippen LogP contribution in [-0.4, -0.2) is 23.5 Å². The lowest BCUT2D eigenvalue weighted by Crippen LogP contribution is -2.24. The first-order chi connectivity index (χ1) is 8.09. The summed E-state index contributed by atoms with van der Waals surface area (Å²) >= 11 is 0. The lowest BCUT2D eigenvalue weighted by atomic mass is 10.2. The summed E-state index contributed by atoms with van der Waals surface area (Å²) in [4.78, 5) is 15.1. The predicted molar refractivity (Wildman–Crippen MR) is 65.2 cm³/mol. The van der Waals surface area contributed by atoms with E-state index in [9.17, 15) is 9.18 Å². The van der Waals surface area contributed by atoms with E-state index >= 15 is 0 Å². The summed E-state index contributed by atoms with van der Waals surface area (Å²) < 4.78 is 13.2. The second kappa shape index (κ2) is 6.96. The molecule has 0 bridgehead atoms. The van der Waals surface area contributed by atoms with Crippen molar-refractivity contribution in [1.82, 2.24) is 10.3 Å². The van der Waals surface area contributed by atoms with E-state index in [1.54, 1.807) is 0 Å². The first-order valence-electron chi connectivity index (χ1n) is 5.72. The minimum absolute atomic E-state index is 0.180. The Kier molecular flexibility index (Phi) is 5.56. The van der Waals surface area contributed by atoms with E-state index in [1.165, 1.54) is 12.3 Å². The highest BCUT2D eigenvalue weighted by Gasteiger charge is 2.06. The van der Waals surface area contributed by atoms with Crippen LogP contribution in [0.3, 0.4) is 0 Å². The van der Waals surface area contributed by atoms with Gasteiger partial charge in [0.05, 0.1) is 11.9 Å². The number of nitrogens with zero attached hydrogens (tertiary/aromatic N) is 1. The summed E-state index contributed by atoms with van der Waals surface area (Å²) in [5.41, 5.74) is 0.182. The molecule has 0 radical (unpaired) electrons. The Morgan fingerprint density at radius 3 is 2.94 bits per heavy atom. The van der Waals surface area contributed by atoms with Gasteiger partial charge in [-0.05, 0) is 19.0 Å². The number of anilines is 1. The van der Waals surface area contributed by atoms with Crippen LogP contribution < -0.4 is 10.6 Å². The third-order valence-electron chi connectivity index (χ3n) is 2.18. The molecule has 0 aliphatic rings. The molecule has 1 amide bonds. The number of hydrogen-bond donors (Lipinski definition) is 2. The van der Waals surface area contributed by atoms with Gasteiger partial charge in [-0.2, -0.15) is 0 Å². The van der Waals surface area contributed by atoms with Gasteiger partial charge < -0.3 is 10.6 Å². The molecule has 0 fully saturated rings. The molecular formula is C12H18FN3O. The van der Waals surface area contributed by atoms with Crippen molar-refractivity contribution in [1.29, 1.82) is 0 Å². The molecule has 1 aromatic heterocycles. The zero-order chi connectivity index (χ0) is 12.7. The summed E-state index contributed by atoms with van der Waals surface area (Å²) in [5, 5.41) is 5.73. The van der Waals surface area contributed by atoms with Gasteiger partial charge in [0.2, 0.25) is 5.91 Å². The number of aromatic nitrogens is 1. The number of pyridine rings is 1. The Morgan fingerprint density at radius 1 is 1.53 bits per heavy atom. The molecule has 17 heavy (non-hydrogen) atoms. The molecule has 4 nitrogen and oxygen atoms in total. The van der Waals surface area contributed by atoms with Crippen molar-refractivity contribution in [2.75, 3.05) is 11.9 Å². The van der Waals surface area contributed by atoms with Gasteiger partial charge in [0, 0.05) is 18.7 Å². The number of carbonyl (C=O) groups excluding carboxylic acids is 1. The van der Waals surface area contributed by atoms with E-state index in [-0.39, 0.29) is 11.6 Å². The maximum absolute atomic E-state index is 13.2. The van der Waals surface area contributed by atoms with Gasteiger partial charge >= 0.3 is 0 Å². The summed E-state index contributed by atoms with van der Waals surface area (Å²) in [6, 6.07) is 1.86. The average molecular weight is 239 g/mol. The molecule has 2 N–H and O–H groups in total. The number of hydrogen-bond acceptors (Lipinski definition) is 3. The van der Waals surface area contributed by atoms with Crippen molar-refractivity contribution in [2.24, 2.45) is 0 Å². The molecule has 94 valence electrons. The minimum Gasteiger partial charge on any atom is -0.324 e. The van der Waals surface area contributed by atoms with Crippen molar-refractivity contribution in [2.45, 2.75) is 32.7 Å². The Labute approximate surface area is 101 Å². The fraction of sp³-hybridized carbons (Fsp3) is 0.500. The molecule has 0 saturated heterocycles. The molecule has 0 atom stereocenters. The highest BCUT2D eigenvalue weighted by molar-refractivity contribution is 5.90. The second-order valence-electron chi connectivity index (χ2n) is 4.12. The highest BCUT2D eigenvalue weighted by Crippen LogP contribution is 2.11. The topological polar surface area (TPSA) is 54.0 Å². The first-order valence-corrected chi connectivity index (χ1v) is 5.72. The van der Waals surface area contributed by atoms with Crippen molar-refractivity contribution < 1.29 is 9.18 Å². The van der Waals surface area contributed by atoms with Gasteiger partial charge in [0.15, 0.2) is 5.82 Å². The molecule has 5 heteroatoms. The lowest BCUT2D eigenvalue weighted by molar-refractivity contribution is -0.116. The third kappa shape index (κ3) is 5.40. The average Bonchev–Trinajstić information content (AvgIpc) is 2.27. The Morgan fingerprint density at radius 2 is 2.29 bits per heavy atom. The smallest absolute Gasteiger partial charge is 0.224 e. The van der Waals surface area contributed by atoms with Crippen LogP contribution >= 0.6 is 0 Å². The van der Waals surface area contributed by atoms with Crippen LogP contribution in [0.25, 0.3) is 0 Å². The van der Waals surface area contributed by atoms with Crippen molar-refractivity contribution in [3.8, 4) is 0 Å². The molecule has 0 spiro atoms. The summed E-state index contributed by atoms with van der Waals surface area (Å²) in [7, 11) is 0. The SMILES string of the molecule is CC(C)NCCCC(=O)Nc1ccncc1F. The number of carbonyl (C=O) groups is 1. The van der Waals surface area contributed by atoms with Crippen LogP contribution in [-0.2, 0) is 4.79 Å². The van der Waals surface area contributed by atoms with Crippen LogP contribution in [0.1, 0.15) is 26.7 Å². The quantitative estimate of drug-likeness (QED) is 0.746. The zero-order valence-corrected chi connectivity index (χ0v) is 10.2. The van der Waals surface area contributed by atoms with Gasteiger partial charge in [-0.15, -0.1) is 0 Å². The fourth-order valence-electron chi connectivity index (χ4n) is 1.33. The monoisotopic (exact) mass is 239 g/mol. The van der Waals surface area contributed by atoms with Crippen molar-refractivity contribution in [3.63, 3.8) is 0 Å². The summed E-state index contributed by atoms with van der Waals surface area (Å²) in [6.07, 6.45) is 3.63. The van der Waals surface area contributed by atoms with Crippen molar-refractivity contribution in [3.05, 3.63) is 24.3 Å². The predicted octanol–water partition coefficient (Wildman–Crippen LogP) is 1.94. The number of amides is 1. The molecule has 0 saturated carbocycles. The molecular weight excluding hydrogens is 221 g/mol. The zero-order valence-electron chi connectivity index (χ0n) is 10.2. The Hall–Kier alpha value is -1.49. The van der Waals surface area contributed by atoms with Crippen LogP contribution in [0, 0.1) is 5.82 Å². The van der Waals surface area contributed by atoms with Gasteiger partial charge in [0.1, 0.15) is 0 Å². The Balaban J connectivity index is 2.28. The molecule has 0 unspecified atom stereocenters. The third-order valence-corrected chi connectivity index (χ3v) is 2.18. The van der Waals surface area contributed by atoms with E-state index in [2.05, 4.69) is 15.6 Å². The van der Waals surface area contributed by atoms with E-state index in [1.807, 2.05) is 13.8 Å². The van der Waals surface area contributed by atoms with Gasteiger partial charge in [-0.1, -0.05) is 13.8 Å². The molecule has 1 heterocycles. The summed E-state index contributed by atoms with van der Waals surface area (Å²) in [5.74, 6) is -0.693. The van der Waals surface area contributed by atoms with Gasteiger partial charge in [-0.25, -0.2) is 4.39 Å². The normalized spacial score (nSPS) is 10.6. The molecule has 0 aromatic carbocycles. The molecule has 0 aliphatic carbocycles. The number of rotatable bonds is 6. The standard InChI is InChI=1S/C12H18FN3O/c1-9(2)15-6-3-4-12(17)16-11-5-7-14-8-10(11)13/h5,7-9,15H,3-4,6H2,1-2H3,(H,14,16,17). The first kappa shape index (κ1) is 13.6. The van der Waals surface area contributed by atoms with Crippen LogP contribution in [0.15, 0.2) is 18.5 Å². The Bertz CT molecular complexity index is 369. The van der Waals surface area contributed by atoms with Crippen LogP contribution in [0.2, 0.25) is 0 Å². The summed E-state index contributed by atoms with van der Waals surface area (Å²) in [6.45, 7) is 4.88. The lowest BCUT2D eigenvalue weighted by Gasteiger charge is -2.08. The van der Waals surface area contributed by atoms with Gasteiger partial charge in [0.25, 0.3) is 0 Å². The van der Waals surface area contributed by atoms with E-state index < -0.39 is 5.82 Å². The maximum Gasteiger partial charge on any atom is 0.224 e. The second-order valence-corrected chi connectivity index (χ2v) is 4.12. The highest BCUT2D eigenvalue weighted by atomic mass is 19.1. The van der Waals surface area contributed by atoms with E-state index in [0.717, 1.165) is 19.2 Å². The minimum atomic E-state index is -0.513.